The Balaban J connectivity index is 2.07. The zero-order chi connectivity index (χ0) is 21.6. The molecule has 1 heterocycles. The number of hydrogen-bond acceptors (Lipinski definition) is 4. The maximum Gasteiger partial charge on any atom is 0.246 e. The molecular weight excluding hydrogens is 370 g/mol. The maximum absolute atomic E-state index is 13.0. The number of nitrogens with one attached hydrogen (secondary N) is 2. The van der Waals surface area contributed by atoms with E-state index in [0.717, 1.165) is 12.0 Å². The first-order valence-electron chi connectivity index (χ1n) is 9.64. The normalized spacial score (nSPS) is 17.2. The van der Waals surface area contributed by atoms with Crippen LogP contribution in [0.5, 0.6) is 5.75 Å². The molecule has 2 N–H and O–H groups in total. The summed E-state index contributed by atoms with van der Waals surface area (Å²) in [5.41, 5.74) is 1.03. The van der Waals surface area contributed by atoms with Crippen LogP contribution in [0.1, 0.15) is 44.7 Å². The Morgan fingerprint density at radius 3 is 2.72 bits per heavy atom. The van der Waals surface area contributed by atoms with Gasteiger partial charge in [0.1, 0.15) is 17.8 Å². The third-order valence-electron chi connectivity index (χ3n) is 5.07. The monoisotopic (exact) mass is 399 g/mol. The Kier molecular flexibility index (Phi) is 7.27. The molecule has 7 heteroatoms. The highest BCUT2D eigenvalue weighted by atomic mass is 16.5. The van der Waals surface area contributed by atoms with Crippen molar-refractivity contribution < 1.29 is 19.1 Å². The molecule has 1 saturated heterocycles. The number of likely N-dealkylation sites (tertiary alicyclic amines) is 1. The SMILES string of the molecule is C#Cc1ccc(CNC(=O)C2CCCN2C(=O)C(NC=O)C(C)(C)C)cc1OC. The quantitative estimate of drug-likeness (QED) is 0.537. The van der Waals surface area contributed by atoms with Crippen LogP contribution < -0.4 is 15.4 Å². The summed E-state index contributed by atoms with van der Waals surface area (Å²) in [6.45, 7) is 6.43. The van der Waals surface area contributed by atoms with E-state index >= 15 is 0 Å². The van der Waals surface area contributed by atoms with Gasteiger partial charge in [0.2, 0.25) is 18.2 Å². The second-order valence-electron chi connectivity index (χ2n) is 8.17. The largest absolute Gasteiger partial charge is 0.495 e. The number of benzene rings is 1. The lowest BCUT2D eigenvalue weighted by Gasteiger charge is -2.34. The van der Waals surface area contributed by atoms with Gasteiger partial charge in [0, 0.05) is 13.1 Å². The standard InChI is InChI=1S/C22H29N3O4/c1-6-16-10-9-15(12-18(16)29-5)13-23-20(27)17-8-7-11-25(17)21(28)19(24-14-26)22(2,3)4/h1,9-10,12,14,17,19H,7-8,11,13H2,2-5H3,(H,23,27)(H,24,26). The number of methoxy groups -OCH3 is 1. The van der Waals surface area contributed by atoms with Crippen LogP contribution in [0.3, 0.4) is 0 Å². The van der Waals surface area contributed by atoms with Gasteiger partial charge in [-0.3, -0.25) is 14.4 Å². The first-order valence-corrected chi connectivity index (χ1v) is 9.64. The van der Waals surface area contributed by atoms with Gasteiger partial charge in [0.15, 0.2) is 0 Å². The minimum Gasteiger partial charge on any atom is -0.495 e. The molecule has 2 atom stereocenters. The molecule has 0 bridgehead atoms. The molecule has 1 aliphatic rings. The molecule has 1 aliphatic heterocycles. The Morgan fingerprint density at radius 2 is 2.14 bits per heavy atom. The fraction of sp³-hybridized carbons (Fsp3) is 0.500. The number of carbonyl (C=O) groups excluding carboxylic acids is 3. The van der Waals surface area contributed by atoms with E-state index in [1.54, 1.807) is 24.1 Å². The molecule has 1 aromatic rings. The Hall–Kier alpha value is -3.01. The van der Waals surface area contributed by atoms with E-state index in [4.69, 9.17) is 11.2 Å². The number of carbonyl (C=O) groups is 3. The van der Waals surface area contributed by atoms with Gasteiger partial charge in [0.25, 0.3) is 0 Å². The highest BCUT2D eigenvalue weighted by molar-refractivity contribution is 5.91. The Morgan fingerprint density at radius 1 is 1.41 bits per heavy atom. The van der Waals surface area contributed by atoms with Crippen molar-refractivity contribution in [2.45, 2.75) is 52.2 Å². The molecule has 0 spiro atoms. The van der Waals surface area contributed by atoms with Crippen LogP contribution >= 0.6 is 0 Å². The molecule has 3 amide bonds. The van der Waals surface area contributed by atoms with E-state index in [9.17, 15) is 14.4 Å². The van der Waals surface area contributed by atoms with Gasteiger partial charge in [-0.2, -0.15) is 0 Å². The van der Waals surface area contributed by atoms with Crippen molar-refractivity contribution in [1.29, 1.82) is 0 Å². The van der Waals surface area contributed by atoms with E-state index in [1.807, 2.05) is 26.8 Å². The van der Waals surface area contributed by atoms with Gasteiger partial charge in [0.05, 0.1) is 12.7 Å². The number of rotatable bonds is 7. The summed E-state index contributed by atoms with van der Waals surface area (Å²) in [7, 11) is 1.54. The summed E-state index contributed by atoms with van der Waals surface area (Å²) in [5, 5.41) is 5.50. The third kappa shape index (κ3) is 5.29. The molecule has 1 fully saturated rings. The predicted molar refractivity (Wildman–Crippen MR) is 110 cm³/mol. The van der Waals surface area contributed by atoms with Crippen LogP contribution in [-0.2, 0) is 20.9 Å². The summed E-state index contributed by atoms with van der Waals surface area (Å²) in [4.78, 5) is 38.3. The number of hydrogen-bond donors (Lipinski definition) is 2. The van der Waals surface area contributed by atoms with Crippen molar-refractivity contribution >= 4 is 18.2 Å². The lowest BCUT2D eigenvalue weighted by Crippen LogP contribution is -2.56. The molecule has 0 aliphatic carbocycles. The summed E-state index contributed by atoms with van der Waals surface area (Å²) >= 11 is 0. The van der Waals surface area contributed by atoms with Crippen molar-refractivity contribution in [3.63, 3.8) is 0 Å². The summed E-state index contributed by atoms with van der Waals surface area (Å²) < 4.78 is 5.27. The molecule has 0 radical (unpaired) electrons. The molecule has 0 saturated carbocycles. The second-order valence-corrected chi connectivity index (χ2v) is 8.17. The minimum atomic E-state index is -0.686. The first-order chi connectivity index (χ1) is 13.7. The zero-order valence-electron chi connectivity index (χ0n) is 17.5. The van der Waals surface area contributed by atoms with Gasteiger partial charge in [-0.15, -0.1) is 6.42 Å². The van der Waals surface area contributed by atoms with Gasteiger partial charge >= 0.3 is 0 Å². The van der Waals surface area contributed by atoms with Crippen LogP contribution in [0.4, 0.5) is 0 Å². The number of terminal acetylenes is 1. The minimum absolute atomic E-state index is 0.213. The van der Waals surface area contributed by atoms with Gasteiger partial charge in [-0.1, -0.05) is 32.8 Å². The predicted octanol–water partition coefficient (Wildman–Crippen LogP) is 1.44. The topological polar surface area (TPSA) is 87.7 Å². The summed E-state index contributed by atoms with van der Waals surface area (Å²) in [5.74, 6) is 2.67. The Bertz CT molecular complexity index is 807. The maximum atomic E-state index is 13.0. The van der Waals surface area contributed by atoms with E-state index < -0.39 is 17.5 Å². The number of amides is 3. The van der Waals surface area contributed by atoms with Crippen LogP contribution in [-0.4, -0.2) is 48.9 Å². The van der Waals surface area contributed by atoms with E-state index in [1.165, 1.54) is 0 Å². The van der Waals surface area contributed by atoms with Crippen LogP contribution in [0.25, 0.3) is 0 Å². The molecule has 156 valence electrons. The van der Waals surface area contributed by atoms with Gasteiger partial charge < -0.3 is 20.3 Å². The lowest BCUT2D eigenvalue weighted by molar-refractivity contribution is -0.142. The Labute approximate surface area is 172 Å². The molecule has 2 rings (SSSR count). The van der Waals surface area contributed by atoms with Crippen molar-refractivity contribution in [2.24, 2.45) is 5.41 Å². The third-order valence-corrected chi connectivity index (χ3v) is 5.07. The van der Waals surface area contributed by atoms with Crippen molar-refractivity contribution in [3.05, 3.63) is 29.3 Å². The van der Waals surface area contributed by atoms with E-state index in [-0.39, 0.29) is 11.8 Å². The molecule has 29 heavy (non-hydrogen) atoms. The molecule has 7 nitrogen and oxygen atoms in total. The van der Waals surface area contributed by atoms with Gasteiger partial charge in [-0.05, 0) is 36.0 Å². The molecule has 1 aromatic carbocycles. The lowest BCUT2D eigenvalue weighted by atomic mass is 9.85. The second kappa shape index (κ2) is 9.46. The average Bonchev–Trinajstić information content (AvgIpc) is 3.18. The number of nitrogens with zero attached hydrogens (tertiary/aromatic N) is 1. The van der Waals surface area contributed by atoms with Crippen LogP contribution in [0.15, 0.2) is 18.2 Å². The van der Waals surface area contributed by atoms with Gasteiger partial charge in [-0.25, -0.2) is 0 Å². The fourth-order valence-electron chi connectivity index (χ4n) is 3.50. The molecular formula is C22H29N3O4. The van der Waals surface area contributed by atoms with Crippen molar-refractivity contribution in [3.8, 4) is 18.1 Å². The smallest absolute Gasteiger partial charge is 0.246 e. The molecule has 0 aromatic heterocycles. The fourth-order valence-corrected chi connectivity index (χ4v) is 3.50. The van der Waals surface area contributed by atoms with E-state index in [0.29, 0.717) is 37.2 Å². The van der Waals surface area contributed by atoms with Crippen molar-refractivity contribution in [2.75, 3.05) is 13.7 Å². The van der Waals surface area contributed by atoms with Crippen LogP contribution in [0, 0.1) is 17.8 Å². The summed E-state index contributed by atoms with van der Waals surface area (Å²) in [6.07, 6.45) is 7.31. The van der Waals surface area contributed by atoms with E-state index in [2.05, 4.69) is 16.6 Å². The first kappa shape index (κ1) is 22.3. The van der Waals surface area contributed by atoms with Crippen LogP contribution in [0.2, 0.25) is 0 Å². The average molecular weight is 399 g/mol. The molecule has 2 unspecified atom stereocenters. The summed E-state index contributed by atoms with van der Waals surface area (Å²) in [6, 6.07) is 4.15. The highest BCUT2D eigenvalue weighted by Crippen LogP contribution is 2.26. The number of ether oxygens (including phenoxy) is 1. The highest BCUT2D eigenvalue weighted by Gasteiger charge is 2.40. The van der Waals surface area contributed by atoms with Crippen molar-refractivity contribution in [1.82, 2.24) is 15.5 Å². The zero-order valence-corrected chi connectivity index (χ0v) is 17.5.